The van der Waals surface area contributed by atoms with Crippen LogP contribution in [0.5, 0.6) is 0 Å². The Labute approximate surface area is 331 Å². The fourth-order valence-electron chi connectivity index (χ4n) is 7.24. The van der Waals surface area contributed by atoms with E-state index in [1.54, 1.807) is 0 Å². The van der Waals surface area contributed by atoms with Gasteiger partial charge in [0.1, 0.15) is 19.9 Å². The number of amides is 1. The van der Waals surface area contributed by atoms with Gasteiger partial charge in [-0.15, -0.1) is 0 Å². The Kier molecular flexibility index (Phi) is 35.3. The smallest absolute Gasteiger partial charge is 0.407 e. The van der Waals surface area contributed by atoms with E-state index in [0.717, 1.165) is 38.5 Å². The van der Waals surface area contributed by atoms with Crippen LogP contribution in [0.1, 0.15) is 219 Å². The molecular weight excluding hydrogens is 684 g/mol. The second-order valence-electron chi connectivity index (χ2n) is 16.1. The van der Waals surface area contributed by atoms with Gasteiger partial charge in [-0.05, 0) is 12.8 Å². The van der Waals surface area contributed by atoms with E-state index in [1.165, 1.54) is 154 Å². The summed E-state index contributed by atoms with van der Waals surface area (Å²) in [4.78, 5) is 39.4. The molecule has 0 aromatic rings. The van der Waals surface area contributed by atoms with Crippen molar-refractivity contribution in [1.82, 2.24) is 10.2 Å². The molecule has 8 nitrogen and oxygen atoms in total. The maximum absolute atomic E-state index is 12.7. The first-order valence-electron chi connectivity index (χ1n) is 23.0. The van der Waals surface area contributed by atoms with Crippen LogP contribution >= 0.6 is 0 Å². The Morgan fingerprint density at radius 1 is 0.537 bits per heavy atom. The number of rotatable bonds is 40. The molecule has 0 saturated carbocycles. The zero-order chi connectivity index (χ0) is 39.2. The lowest BCUT2D eigenvalue weighted by molar-refractivity contribution is -0.161. The third kappa shape index (κ3) is 32.4. The highest BCUT2D eigenvalue weighted by Gasteiger charge is 2.28. The van der Waals surface area contributed by atoms with E-state index in [0.29, 0.717) is 32.5 Å². The fourth-order valence-corrected chi connectivity index (χ4v) is 7.24. The minimum absolute atomic E-state index is 0.0945. The van der Waals surface area contributed by atoms with Gasteiger partial charge in [0.25, 0.3) is 0 Å². The Morgan fingerprint density at radius 3 is 1.28 bits per heavy atom. The number of ether oxygens (including phenoxy) is 3. The first-order chi connectivity index (χ1) is 26.5. The van der Waals surface area contributed by atoms with Crippen LogP contribution in [-0.2, 0) is 23.8 Å². The van der Waals surface area contributed by atoms with Gasteiger partial charge < -0.3 is 19.5 Å². The summed E-state index contributed by atoms with van der Waals surface area (Å²) >= 11 is 0. The molecule has 0 radical (unpaired) electrons. The van der Waals surface area contributed by atoms with E-state index in [1.807, 2.05) is 4.90 Å². The monoisotopic (exact) mass is 769 g/mol. The largest absolute Gasteiger partial charge is 0.462 e. The van der Waals surface area contributed by atoms with Crippen molar-refractivity contribution in [3.63, 3.8) is 0 Å². The van der Waals surface area contributed by atoms with Gasteiger partial charge in [-0.1, -0.05) is 194 Å². The molecule has 0 bridgehead atoms. The summed E-state index contributed by atoms with van der Waals surface area (Å²) in [6, 6.07) is -0.0945. The lowest BCUT2D eigenvalue weighted by Gasteiger charge is -2.38. The summed E-state index contributed by atoms with van der Waals surface area (Å²) < 4.78 is 29.0. The highest BCUT2D eigenvalue weighted by atomic mass is 19.1. The third-order valence-corrected chi connectivity index (χ3v) is 10.8. The van der Waals surface area contributed by atoms with E-state index < -0.39 is 18.9 Å². The summed E-state index contributed by atoms with van der Waals surface area (Å²) in [5, 5.41) is 2.76. The molecule has 1 aliphatic rings. The van der Waals surface area contributed by atoms with Crippen molar-refractivity contribution >= 4 is 18.0 Å². The second-order valence-corrected chi connectivity index (χ2v) is 16.1. The number of nitrogens with zero attached hydrogens (tertiary/aromatic N) is 1. The first kappa shape index (κ1) is 50.1. The molecular formula is C45H85FN2O6. The van der Waals surface area contributed by atoms with Gasteiger partial charge in [-0.25, -0.2) is 9.18 Å². The van der Waals surface area contributed by atoms with E-state index in [2.05, 4.69) is 19.2 Å². The molecule has 1 unspecified atom stereocenters. The third-order valence-electron chi connectivity index (χ3n) is 10.8. The number of hydrogen-bond donors (Lipinski definition) is 1. The average molecular weight is 769 g/mol. The molecule has 1 heterocycles. The first-order valence-corrected chi connectivity index (χ1v) is 23.0. The number of likely N-dealkylation sites (tertiary alicyclic amines) is 1. The molecule has 1 aliphatic heterocycles. The fraction of sp³-hybridized carbons (Fsp3) is 0.933. The number of carbonyl (C=O) groups excluding carboxylic acids is 3. The van der Waals surface area contributed by atoms with Crippen LogP contribution in [0.25, 0.3) is 0 Å². The quantitative estimate of drug-likeness (QED) is 0.0377. The van der Waals surface area contributed by atoms with E-state index >= 15 is 0 Å². The number of carbonyl (C=O) groups is 3. The topological polar surface area (TPSA) is 94.2 Å². The molecule has 0 aliphatic carbocycles. The Morgan fingerprint density at radius 2 is 0.889 bits per heavy atom. The average Bonchev–Trinajstić information content (AvgIpc) is 3.15. The van der Waals surface area contributed by atoms with Gasteiger partial charge in [0.2, 0.25) is 0 Å². The number of unbranched alkanes of at least 4 members (excludes halogenated alkanes) is 28. The molecule has 0 aromatic carbocycles. The second kappa shape index (κ2) is 38.0. The van der Waals surface area contributed by atoms with Crippen LogP contribution in [0.4, 0.5) is 9.18 Å². The SMILES string of the molecule is CCCCCCCCCCCCCCCCCC(=O)OCC(COC(=O)NC1CN(CCF)C1)OC(=O)CCCCCCCCCCCCCCCCC. The normalized spacial score (nSPS) is 13.8. The van der Waals surface area contributed by atoms with Gasteiger partial charge in [0, 0.05) is 32.5 Å². The van der Waals surface area contributed by atoms with E-state index in [9.17, 15) is 18.8 Å². The molecule has 0 spiro atoms. The Bertz CT molecular complexity index is 871. The standard InChI is InChI=1S/C45H85FN2O6/c1-3-5-7-9-11-13-15-17-19-21-23-25-27-29-31-33-43(49)52-39-42(40-53-45(51)47-41-37-48(38-41)36-35-46)54-44(50)34-32-30-28-26-24-22-20-18-16-14-12-10-8-6-4-2/h41-42H,3-40H2,1-2H3,(H,47,51). The number of nitrogens with one attached hydrogen (secondary N) is 1. The number of halogens is 1. The number of hydrogen-bond acceptors (Lipinski definition) is 7. The minimum Gasteiger partial charge on any atom is -0.462 e. The zero-order valence-corrected chi connectivity index (χ0v) is 35.3. The highest BCUT2D eigenvalue weighted by Crippen LogP contribution is 2.16. The van der Waals surface area contributed by atoms with Crippen molar-refractivity contribution in [3.05, 3.63) is 0 Å². The molecule has 0 aromatic heterocycles. The van der Waals surface area contributed by atoms with Crippen LogP contribution in [0, 0.1) is 0 Å². The van der Waals surface area contributed by atoms with Gasteiger partial charge in [-0.3, -0.25) is 14.5 Å². The molecule has 54 heavy (non-hydrogen) atoms. The highest BCUT2D eigenvalue weighted by molar-refractivity contribution is 5.70. The number of esters is 2. The van der Waals surface area contributed by atoms with E-state index in [-0.39, 0.29) is 31.2 Å². The minimum atomic E-state index is -0.853. The van der Waals surface area contributed by atoms with Crippen molar-refractivity contribution in [2.45, 2.75) is 231 Å². The van der Waals surface area contributed by atoms with Crippen molar-refractivity contribution in [3.8, 4) is 0 Å². The lowest BCUT2D eigenvalue weighted by atomic mass is 10.0. The predicted octanol–water partition coefficient (Wildman–Crippen LogP) is 12.3. The van der Waals surface area contributed by atoms with Gasteiger partial charge in [0.15, 0.2) is 6.10 Å². The summed E-state index contributed by atoms with van der Waals surface area (Å²) in [7, 11) is 0. The Balaban J connectivity index is 2.20. The number of alkyl halides is 1. The van der Waals surface area contributed by atoms with Crippen molar-refractivity contribution < 1.29 is 33.0 Å². The number of alkyl carbamates (subject to hydrolysis) is 1. The lowest BCUT2D eigenvalue weighted by Crippen LogP contribution is -2.59. The Hall–Kier alpha value is -1.90. The zero-order valence-electron chi connectivity index (χ0n) is 35.3. The predicted molar refractivity (Wildman–Crippen MR) is 221 cm³/mol. The molecule has 1 N–H and O–H groups in total. The van der Waals surface area contributed by atoms with Gasteiger partial charge in [0.05, 0.1) is 6.04 Å². The van der Waals surface area contributed by atoms with Crippen LogP contribution < -0.4 is 5.32 Å². The molecule has 1 amide bonds. The van der Waals surface area contributed by atoms with Crippen molar-refractivity contribution in [1.29, 1.82) is 0 Å². The van der Waals surface area contributed by atoms with Gasteiger partial charge >= 0.3 is 18.0 Å². The van der Waals surface area contributed by atoms with Crippen molar-refractivity contribution in [2.24, 2.45) is 0 Å². The molecule has 1 saturated heterocycles. The van der Waals surface area contributed by atoms with Crippen LogP contribution in [0.3, 0.4) is 0 Å². The molecule has 1 fully saturated rings. The van der Waals surface area contributed by atoms with E-state index in [4.69, 9.17) is 14.2 Å². The summed E-state index contributed by atoms with van der Waals surface area (Å²) in [6.07, 6.45) is 37.0. The summed E-state index contributed by atoms with van der Waals surface area (Å²) in [5.41, 5.74) is 0. The molecule has 1 rings (SSSR count). The molecule has 1 atom stereocenters. The van der Waals surface area contributed by atoms with Crippen LogP contribution in [0.2, 0.25) is 0 Å². The van der Waals surface area contributed by atoms with Crippen LogP contribution in [-0.4, -0.2) is 74.6 Å². The maximum Gasteiger partial charge on any atom is 0.407 e. The van der Waals surface area contributed by atoms with Crippen molar-refractivity contribution in [2.75, 3.05) is 39.5 Å². The van der Waals surface area contributed by atoms with Gasteiger partial charge in [-0.2, -0.15) is 0 Å². The molecule has 9 heteroatoms. The maximum atomic E-state index is 12.7. The summed E-state index contributed by atoms with van der Waals surface area (Å²) in [5.74, 6) is -0.682. The summed E-state index contributed by atoms with van der Waals surface area (Å²) in [6.45, 7) is 5.30. The van der Waals surface area contributed by atoms with Crippen LogP contribution in [0.15, 0.2) is 0 Å². The molecule has 318 valence electrons.